The van der Waals surface area contributed by atoms with E-state index in [1.165, 1.54) is 0 Å². The van der Waals surface area contributed by atoms with Gasteiger partial charge in [-0.1, -0.05) is 13.8 Å². The van der Waals surface area contributed by atoms with E-state index < -0.39 is 10.1 Å². The van der Waals surface area contributed by atoms with E-state index in [1.54, 1.807) is 7.11 Å². The molecule has 0 spiro atoms. The lowest BCUT2D eigenvalue weighted by atomic mass is 10.2. The summed E-state index contributed by atoms with van der Waals surface area (Å²) in [7, 11) is -2.48. The van der Waals surface area contributed by atoms with E-state index >= 15 is 0 Å². The van der Waals surface area contributed by atoms with E-state index in [2.05, 4.69) is 13.8 Å². The topological polar surface area (TPSA) is 75.7 Å². The van der Waals surface area contributed by atoms with Gasteiger partial charge in [-0.2, -0.15) is 0 Å². The fraction of sp³-hybridized carbons (Fsp3) is 1.00. The first-order valence-corrected chi connectivity index (χ1v) is 9.32. The van der Waals surface area contributed by atoms with Crippen molar-refractivity contribution in [2.75, 3.05) is 58.9 Å². The third kappa shape index (κ3) is 11.1. The zero-order valence-electron chi connectivity index (χ0n) is 13.7. The fourth-order valence-electron chi connectivity index (χ4n) is 2.70. The van der Waals surface area contributed by atoms with Crippen LogP contribution in [0.2, 0.25) is 0 Å². The average molecular weight is 325 g/mol. The van der Waals surface area contributed by atoms with Gasteiger partial charge in [-0.25, -0.2) is 8.42 Å². The van der Waals surface area contributed by atoms with Crippen molar-refractivity contribution in [1.82, 2.24) is 0 Å². The van der Waals surface area contributed by atoms with Crippen molar-refractivity contribution in [3.05, 3.63) is 0 Å². The summed E-state index contributed by atoms with van der Waals surface area (Å²) in [5.41, 5.74) is 0. The summed E-state index contributed by atoms with van der Waals surface area (Å²) in [6.07, 6.45) is 2.48. The zero-order valence-corrected chi connectivity index (χ0v) is 14.5. The molecule has 21 heavy (non-hydrogen) atoms. The molecule has 0 aliphatic rings. The molecule has 0 aromatic rings. The van der Waals surface area contributed by atoms with Crippen LogP contribution in [0.5, 0.6) is 0 Å². The molecule has 0 bridgehead atoms. The molecule has 7 heteroatoms. The second kappa shape index (κ2) is 11.4. The van der Waals surface area contributed by atoms with E-state index in [9.17, 15) is 13.0 Å². The Bertz CT molecular complexity index is 339. The molecule has 0 amide bonds. The molecular formula is C14H31NO5S. The number of quaternary nitrogens is 1. The molecule has 0 fully saturated rings. The number of hydrogen-bond acceptors (Lipinski definition) is 5. The van der Waals surface area contributed by atoms with Gasteiger partial charge in [0, 0.05) is 19.3 Å². The Kier molecular flexibility index (Phi) is 11.3. The summed E-state index contributed by atoms with van der Waals surface area (Å²) < 4.78 is 43.6. The van der Waals surface area contributed by atoms with Crippen molar-refractivity contribution >= 4 is 10.1 Å². The molecule has 128 valence electrons. The number of methoxy groups -OCH3 is 1. The maximum Gasteiger partial charge on any atom is 0.102 e. The van der Waals surface area contributed by atoms with E-state index in [-0.39, 0.29) is 5.75 Å². The summed E-state index contributed by atoms with van der Waals surface area (Å²) in [5.74, 6) is -0.273. The Hall–Kier alpha value is -0.210. The Morgan fingerprint density at radius 3 is 2.05 bits per heavy atom. The Labute approximate surface area is 129 Å². The highest BCUT2D eigenvalue weighted by Crippen LogP contribution is 2.12. The van der Waals surface area contributed by atoms with E-state index in [1.807, 2.05) is 0 Å². The van der Waals surface area contributed by atoms with Crippen molar-refractivity contribution in [3.8, 4) is 0 Å². The molecule has 0 aromatic carbocycles. The molecule has 0 heterocycles. The van der Waals surface area contributed by atoms with Crippen LogP contribution in [0.4, 0.5) is 0 Å². The first-order chi connectivity index (χ1) is 9.89. The number of hydrogen-bond donors (Lipinski definition) is 0. The summed E-state index contributed by atoms with van der Waals surface area (Å²) in [6.45, 7) is 9.58. The molecule has 0 saturated carbocycles. The lowest BCUT2D eigenvalue weighted by Gasteiger charge is -2.38. The molecule has 0 unspecified atom stereocenters. The number of ether oxygens (including phenoxy) is 2. The van der Waals surface area contributed by atoms with Gasteiger partial charge in [0.05, 0.1) is 49.6 Å². The highest BCUT2D eigenvalue weighted by atomic mass is 32.2. The lowest BCUT2D eigenvalue weighted by molar-refractivity contribution is -0.928. The molecule has 0 radical (unpaired) electrons. The fourth-order valence-corrected chi connectivity index (χ4v) is 3.18. The number of nitrogens with zero attached hydrogens (tertiary/aromatic N) is 1. The predicted molar refractivity (Wildman–Crippen MR) is 82.2 cm³/mol. The molecule has 0 N–H and O–H groups in total. The van der Waals surface area contributed by atoms with Gasteiger partial charge in [0.2, 0.25) is 0 Å². The largest absolute Gasteiger partial charge is 0.748 e. The van der Waals surface area contributed by atoms with Gasteiger partial charge in [0.15, 0.2) is 0 Å². The van der Waals surface area contributed by atoms with Crippen LogP contribution in [0.1, 0.15) is 33.1 Å². The molecule has 0 aliphatic heterocycles. The van der Waals surface area contributed by atoms with Gasteiger partial charge >= 0.3 is 0 Å². The van der Waals surface area contributed by atoms with Crippen molar-refractivity contribution in [1.29, 1.82) is 0 Å². The second-order valence-corrected chi connectivity index (χ2v) is 6.98. The van der Waals surface area contributed by atoms with Crippen LogP contribution >= 0.6 is 0 Å². The SMILES string of the molecule is CCC[N+](CCC)(CCCS(=O)(=O)[O-])CCOCCOC. The van der Waals surface area contributed by atoms with Crippen LogP contribution in [-0.4, -0.2) is 76.3 Å². The monoisotopic (exact) mass is 325 g/mol. The first-order valence-electron chi connectivity index (χ1n) is 7.74. The summed E-state index contributed by atoms with van der Waals surface area (Å²) in [4.78, 5) is 0. The minimum atomic E-state index is -4.12. The molecular weight excluding hydrogens is 294 g/mol. The smallest absolute Gasteiger partial charge is 0.102 e. The summed E-state index contributed by atoms with van der Waals surface area (Å²) in [6, 6.07) is 0. The quantitative estimate of drug-likeness (QED) is 0.273. The van der Waals surface area contributed by atoms with Crippen molar-refractivity contribution in [2.45, 2.75) is 33.1 Å². The van der Waals surface area contributed by atoms with Crippen molar-refractivity contribution < 1.29 is 26.9 Å². The number of rotatable bonds is 14. The third-order valence-corrected chi connectivity index (χ3v) is 4.35. The Balaban J connectivity index is 4.43. The standard InChI is InChI=1S/C14H31NO5S/c1-4-7-15(8-5-2,9-6-14-21(16,17)18)10-11-20-13-12-19-3/h4-14H2,1-3H3. The van der Waals surface area contributed by atoms with Crippen LogP contribution in [0.25, 0.3) is 0 Å². The highest BCUT2D eigenvalue weighted by Gasteiger charge is 2.25. The zero-order chi connectivity index (χ0) is 16.2. The summed E-state index contributed by atoms with van der Waals surface area (Å²) >= 11 is 0. The third-order valence-electron chi connectivity index (χ3n) is 3.56. The maximum atomic E-state index is 10.8. The van der Waals surface area contributed by atoms with Gasteiger partial charge in [-0.05, 0) is 12.8 Å². The molecule has 0 aliphatic carbocycles. The van der Waals surface area contributed by atoms with Crippen molar-refractivity contribution in [3.63, 3.8) is 0 Å². The van der Waals surface area contributed by atoms with Gasteiger partial charge in [0.1, 0.15) is 6.54 Å². The minimum Gasteiger partial charge on any atom is -0.748 e. The normalized spacial score (nSPS) is 12.8. The van der Waals surface area contributed by atoms with Crippen LogP contribution in [0, 0.1) is 0 Å². The molecule has 0 aromatic heterocycles. The first kappa shape index (κ1) is 20.8. The molecule has 0 atom stereocenters. The second-order valence-electron chi connectivity index (χ2n) is 5.46. The molecule has 0 rings (SSSR count). The molecule has 0 saturated heterocycles. The van der Waals surface area contributed by atoms with E-state index in [4.69, 9.17) is 9.47 Å². The lowest BCUT2D eigenvalue weighted by Crippen LogP contribution is -2.52. The van der Waals surface area contributed by atoms with Crippen molar-refractivity contribution in [2.24, 2.45) is 0 Å². The van der Waals surface area contributed by atoms with Crippen LogP contribution in [0.3, 0.4) is 0 Å². The average Bonchev–Trinajstić information content (AvgIpc) is 2.37. The Morgan fingerprint density at radius 2 is 1.57 bits per heavy atom. The highest BCUT2D eigenvalue weighted by molar-refractivity contribution is 7.85. The molecule has 6 nitrogen and oxygen atoms in total. The van der Waals surface area contributed by atoms with Gasteiger partial charge < -0.3 is 18.5 Å². The van der Waals surface area contributed by atoms with Crippen LogP contribution < -0.4 is 0 Å². The van der Waals surface area contributed by atoms with Gasteiger partial charge in [0.25, 0.3) is 0 Å². The predicted octanol–water partition coefficient (Wildman–Crippen LogP) is 1.22. The van der Waals surface area contributed by atoms with E-state index in [0.29, 0.717) is 26.2 Å². The van der Waals surface area contributed by atoms with E-state index in [0.717, 1.165) is 43.5 Å². The Morgan fingerprint density at radius 1 is 0.952 bits per heavy atom. The van der Waals surface area contributed by atoms with Gasteiger partial charge in [-0.15, -0.1) is 0 Å². The summed E-state index contributed by atoms with van der Waals surface area (Å²) in [5, 5.41) is 0. The van der Waals surface area contributed by atoms with Crippen LogP contribution in [-0.2, 0) is 19.6 Å². The van der Waals surface area contributed by atoms with Crippen LogP contribution in [0.15, 0.2) is 0 Å². The maximum absolute atomic E-state index is 10.8. The minimum absolute atomic E-state index is 0.273. The van der Waals surface area contributed by atoms with Gasteiger partial charge in [-0.3, -0.25) is 0 Å².